The van der Waals surface area contributed by atoms with Gasteiger partial charge in [0.2, 0.25) is 5.91 Å². The Kier molecular flexibility index (Phi) is 3.42. The number of hydrogen-bond donors (Lipinski definition) is 1. The zero-order chi connectivity index (χ0) is 14.9. The van der Waals surface area contributed by atoms with Crippen molar-refractivity contribution in [3.05, 3.63) is 53.3 Å². The van der Waals surface area contributed by atoms with Crippen molar-refractivity contribution in [3.63, 3.8) is 0 Å². The van der Waals surface area contributed by atoms with Crippen LogP contribution in [0.25, 0.3) is 0 Å². The van der Waals surface area contributed by atoms with Crippen molar-refractivity contribution in [3.8, 4) is 0 Å². The Hall–Kier alpha value is -2.14. The van der Waals surface area contributed by atoms with Crippen LogP contribution < -0.4 is 5.43 Å². The van der Waals surface area contributed by atoms with Crippen LogP contribution in [0, 0.1) is 5.92 Å². The van der Waals surface area contributed by atoms with Crippen LogP contribution in [0.2, 0.25) is 0 Å². The number of nitrogens with one attached hydrogen (secondary N) is 1. The molecule has 1 aromatic carbocycles. The number of carbonyl (C=O) groups excluding carboxylic acids is 1. The highest BCUT2D eigenvalue weighted by Gasteiger charge is 2.31. The Morgan fingerprint density at radius 1 is 1.23 bits per heavy atom. The van der Waals surface area contributed by atoms with Gasteiger partial charge >= 0.3 is 0 Å². The molecule has 22 heavy (non-hydrogen) atoms. The predicted molar refractivity (Wildman–Crippen MR) is 83.6 cm³/mol. The van der Waals surface area contributed by atoms with Crippen molar-refractivity contribution >= 4 is 5.91 Å². The lowest BCUT2D eigenvalue weighted by Crippen LogP contribution is -2.28. The van der Waals surface area contributed by atoms with Crippen molar-refractivity contribution in [2.45, 2.75) is 32.4 Å². The van der Waals surface area contributed by atoms with Crippen LogP contribution in [0.5, 0.6) is 0 Å². The molecule has 4 rings (SSSR count). The molecule has 1 aliphatic carbocycles. The minimum absolute atomic E-state index is 0.105. The first-order valence-electron chi connectivity index (χ1n) is 7.92. The van der Waals surface area contributed by atoms with Gasteiger partial charge in [0.25, 0.3) is 0 Å². The second kappa shape index (κ2) is 5.57. The van der Waals surface area contributed by atoms with E-state index in [2.05, 4.69) is 39.7 Å². The first kappa shape index (κ1) is 13.5. The fourth-order valence-electron chi connectivity index (χ4n) is 2.94. The monoisotopic (exact) mass is 296 g/mol. The highest BCUT2D eigenvalue weighted by molar-refractivity contribution is 5.87. The van der Waals surface area contributed by atoms with E-state index >= 15 is 0 Å². The lowest BCUT2D eigenvalue weighted by Gasteiger charge is -2.15. The average Bonchev–Trinajstić information content (AvgIpc) is 3.22. The molecule has 0 radical (unpaired) electrons. The van der Waals surface area contributed by atoms with Gasteiger partial charge in [0.05, 0.1) is 11.9 Å². The molecule has 1 fully saturated rings. The number of fused-ring (bicyclic) bond motifs is 1. The first-order chi connectivity index (χ1) is 10.8. The van der Waals surface area contributed by atoms with Crippen LogP contribution in [0.3, 0.4) is 0 Å². The summed E-state index contributed by atoms with van der Waals surface area (Å²) in [5.41, 5.74) is 6.63. The number of benzene rings is 1. The third-order valence-electron chi connectivity index (χ3n) is 4.45. The molecule has 0 saturated heterocycles. The largest absolute Gasteiger partial charge is 0.293 e. The van der Waals surface area contributed by atoms with Crippen LogP contribution in [-0.2, 0) is 24.3 Å². The van der Waals surface area contributed by atoms with Crippen molar-refractivity contribution < 1.29 is 4.79 Å². The van der Waals surface area contributed by atoms with Gasteiger partial charge < -0.3 is 0 Å². The predicted octanol–water partition coefficient (Wildman–Crippen LogP) is 1.92. The summed E-state index contributed by atoms with van der Waals surface area (Å²) in [6, 6.07) is 10.5. The first-order valence-corrected chi connectivity index (χ1v) is 7.92. The fourth-order valence-corrected chi connectivity index (χ4v) is 2.94. The van der Waals surface area contributed by atoms with Gasteiger partial charge in [-0.25, -0.2) is 5.43 Å². The quantitative estimate of drug-likeness (QED) is 0.917. The summed E-state index contributed by atoms with van der Waals surface area (Å²) in [7, 11) is 0. The zero-order valence-corrected chi connectivity index (χ0v) is 12.5. The molecule has 0 bridgehead atoms. The lowest BCUT2D eigenvalue weighted by molar-refractivity contribution is -0.118. The molecular formula is C17H20N4O. The molecule has 2 aromatic rings. The van der Waals surface area contributed by atoms with E-state index in [0.29, 0.717) is 0 Å². The Labute approximate surface area is 129 Å². The fraction of sp³-hybridized carbons (Fsp3) is 0.412. The van der Waals surface area contributed by atoms with Crippen LogP contribution in [0.15, 0.2) is 36.5 Å². The van der Waals surface area contributed by atoms with Crippen LogP contribution in [0.4, 0.5) is 0 Å². The molecular weight excluding hydrogens is 276 g/mol. The third kappa shape index (κ3) is 2.76. The second-order valence-electron chi connectivity index (χ2n) is 6.22. The Balaban J connectivity index is 1.36. The molecule has 0 unspecified atom stereocenters. The number of aromatic nitrogens is 2. The molecule has 5 nitrogen and oxygen atoms in total. The molecule has 1 aliphatic heterocycles. The van der Waals surface area contributed by atoms with E-state index < -0.39 is 0 Å². The van der Waals surface area contributed by atoms with Crippen LogP contribution in [0.1, 0.15) is 29.7 Å². The van der Waals surface area contributed by atoms with Crippen molar-refractivity contribution in [2.75, 3.05) is 12.0 Å². The highest BCUT2D eigenvalue weighted by Crippen LogP contribution is 2.29. The Bertz CT molecular complexity index is 675. The van der Waals surface area contributed by atoms with Crippen LogP contribution in [-0.4, -0.2) is 27.2 Å². The van der Waals surface area contributed by atoms with Crippen molar-refractivity contribution in [2.24, 2.45) is 5.92 Å². The lowest BCUT2D eigenvalue weighted by atomic mass is 10.1. The zero-order valence-electron chi connectivity index (χ0n) is 12.5. The topological polar surface area (TPSA) is 50.2 Å². The Morgan fingerprint density at radius 3 is 2.82 bits per heavy atom. The minimum atomic E-state index is 0.105. The SMILES string of the molecule is O=C(Nn1ncc2c1CN(CCc1ccccc1)C2)C1CC1. The molecule has 1 N–H and O–H groups in total. The number of hydrogen-bond acceptors (Lipinski definition) is 3. The van der Waals surface area contributed by atoms with Gasteiger partial charge in [-0.05, 0) is 24.8 Å². The summed E-state index contributed by atoms with van der Waals surface area (Å²) in [4.78, 5) is 16.0. The van der Waals surface area contributed by atoms with E-state index in [1.165, 1.54) is 11.1 Å². The highest BCUT2D eigenvalue weighted by atomic mass is 16.2. The summed E-state index contributed by atoms with van der Waals surface area (Å²) in [5.74, 6) is 0.309. The van der Waals surface area contributed by atoms with E-state index in [4.69, 9.17) is 0 Å². The van der Waals surface area contributed by atoms with Gasteiger partial charge in [-0.3, -0.25) is 9.69 Å². The molecule has 5 heteroatoms. The number of amides is 1. The summed E-state index contributed by atoms with van der Waals surface area (Å²) in [5, 5.41) is 4.30. The number of nitrogens with zero attached hydrogens (tertiary/aromatic N) is 3. The summed E-state index contributed by atoms with van der Waals surface area (Å²) in [6.07, 6.45) is 4.95. The van der Waals surface area contributed by atoms with Gasteiger partial charge in [-0.1, -0.05) is 30.3 Å². The Morgan fingerprint density at radius 2 is 2.05 bits per heavy atom. The van der Waals surface area contributed by atoms with E-state index in [9.17, 15) is 4.79 Å². The maximum atomic E-state index is 11.9. The molecule has 1 aromatic heterocycles. The molecule has 2 aliphatic rings. The minimum Gasteiger partial charge on any atom is -0.293 e. The molecule has 114 valence electrons. The maximum Gasteiger partial charge on any atom is 0.243 e. The molecule has 1 saturated carbocycles. The second-order valence-corrected chi connectivity index (χ2v) is 6.22. The van der Waals surface area contributed by atoms with Gasteiger partial charge in [0, 0.05) is 31.1 Å². The van der Waals surface area contributed by atoms with Gasteiger partial charge in [-0.2, -0.15) is 9.89 Å². The smallest absolute Gasteiger partial charge is 0.243 e. The van der Waals surface area contributed by atoms with E-state index in [-0.39, 0.29) is 11.8 Å². The average molecular weight is 296 g/mol. The summed E-state index contributed by atoms with van der Waals surface area (Å²) < 4.78 is 0. The standard InChI is InChI=1S/C17H20N4O/c22-17(14-6-7-14)19-21-16-12-20(11-15(16)10-18-21)9-8-13-4-2-1-3-5-13/h1-5,10,14H,6-9,11-12H2,(H,19,22). The normalized spacial score (nSPS) is 17.5. The van der Waals surface area contributed by atoms with E-state index in [0.717, 1.165) is 44.6 Å². The molecule has 0 spiro atoms. The van der Waals surface area contributed by atoms with Gasteiger partial charge in [0.15, 0.2) is 0 Å². The maximum absolute atomic E-state index is 11.9. The molecule has 2 heterocycles. The van der Waals surface area contributed by atoms with E-state index in [1.807, 2.05) is 12.3 Å². The van der Waals surface area contributed by atoms with E-state index in [1.54, 1.807) is 4.79 Å². The van der Waals surface area contributed by atoms with Crippen molar-refractivity contribution in [1.29, 1.82) is 0 Å². The third-order valence-corrected chi connectivity index (χ3v) is 4.45. The number of carbonyl (C=O) groups is 1. The summed E-state index contributed by atoms with van der Waals surface area (Å²) >= 11 is 0. The molecule has 0 atom stereocenters. The summed E-state index contributed by atoms with van der Waals surface area (Å²) in [6.45, 7) is 2.80. The van der Waals surface area contributed by atoms with Crippen LogP contribution >= 0.6 is 0 Å². The van der Waals surface area contributed by atoms with Gasteiger partial charge in [-0.15, -0.1) is 0 Å². The number of rotatable bonds is 5. The van der Waals surface area contributed by atoms with Crippen molar-refractivity contribution in [1.82, 2.24) is 14.8 Å². The molecule has 1 amide bonds. The van der Waals surface area contributed by atoms with Gasteiger partial charge in [0.1, 0.15) is 0 Å².